The number of aromatic nitrogens is 7. The summed E-state index contributed by atoms with van der Waals surface area (Å²) in [4.78, 5) is 24.3. The number of H-pyrrole nitrogens is 1. The van der Waals surface area contributed by atoms with Crippen LogP contribution in [0.25, 0.3) is 33.8 Å². The lowest BCUT2D eigenvalue weighted by Gasteiger charge is -2.13. The van der Waals surface area contributed by atoms with Gasteiger partial charge in [-0.1, -0.05) is 12.1 Å². The molecule has 0 aliphatic heterocycles. The summed E-state index contributed by atoms with van der Waals surface area (Å²) < 4.78 is 61.1. The Labute approximate surface area is 218 Å². The van der Waals surface area contributed by atoms with Crippen molar-refractivity contribution in [2.24, 2.45) is 7.05 Å². The molecule has 1 aliphatic rings. The third kappa shape index (κ3) is 4.38. The lowest BCUT2D eigenvalue weighted by Crippen LogP contribution is -2.05. The Balaban J connectivity index is 1.38. The third-order valence-corrected chi connectivity index (χ3v) is 6.68. The number of methoxy groups -OCH3 is 1. The number of fused-ring (bicyclic) bond motifs is 1. The van der Waals surface area contributed by atoms with Gasteiger partial charge in [-0.3, -0.25) is 0 Å². The van der Waals surface area contributed by atoms with Crippen molar-refractivity contribution in [1.82, 2.24) is 34.5 Å². The summed E-state index contributed by atoms with van der Waals surface area (Å²) in [5.74, 6) is 0.0204. The number of imidazole rings is 1. The van der Waals surface area contributed by atoms with E-state index < -0.39 is 23.8 Å². The highest BCUT2D eigenvalue weighted by atomic mass is 19.4. The van der Waals surface area contributed by atoms with Crippen LogP contribution in [0.1, 0.15) is 47.4 Å². The predicted octanol–water partition coefficient (Wildman–Crippen LogP) is 4.94. The van der Waals surface area contributed by atoms with Gasteiger partial charge in [-0.2, -0.15) is 13.2 Å². The third-order valence-electron chi connectivity index (χ3n) is 6.68. The molecule has 0 amide bonds. The zero-order valence-electron chi connectivity index (χ0n) is 20.7. The average molecular weight is 539 g/mol. The Morgan fingerprint density at radius 2 is 1.92 bits per heavy atom. The summed E-state index contributed by atoms with van der Waals surface area (Å²) in [5.41, 5.74) is 1.49. The van der Waals surface area contributed by atoms with E-state index in [1.54, 1.807) is 6.20 Å². The standard InChI is InChI=1S/C26H21F4N7O2/c1-37-10-18(26(28,29)30)35-24(37)13-5-6-14(16(27)7-13)22(38)15-8-31-17-9-32-23(36-21(15)17)19-20(12-3-4-12)33-11-34-25(19)39-2/h5-12,22,31,38H,3-4H2,1-2H3. The molecule has 1 unspecified atom stereocenters. The van der Waals surface area contributed by atoms with Crippen LogP contribution in [-0.2, 0) is 13.2 Å². The first-order valence-electron chi connectivity index (χ1n) is 12.0. The Kier molecular flexibility index (Phi) is 5.83. The first-order valence-corrected chi connectivity index (χ1v) is 12.0. The van der Waals surface area contributed by atoms with Crippen LogP contribution in [0.3, 0.4) is 0 Å². The Morgan fingerprint density at radius 1 is 1.13 bits per heavy atom. The number of aromatic amines is 1. The molecule has 200 valence electrons. The lowest BCUT2D eigenvalue weighted by molar-refractivity contribution is -0.140. The van der Waals surface area contributed by atoms with E-state index in [1.807, 2.05) is 0 Å². The molecular weight excluding hydrogens is 518 g/mol. The molecule has 1 saturated carbocycles. The SMILES string of the molecule is COc1ncnc(C2CC2)c1-c1ncc2[nH]cc(C(O)c3ccc(-c4nc(C(F)(F)F)cn4C)cc3F)c2n1. The van der Waals surface area contributed by atoms with Crippen LogP contribution < -0.4 is 4.74 Å². The Bertz CT molecular complexity index is 1710. The number of nitrogens with one attached hydrogen (secondary N) is 1. The monoisotopic (exact) mass is 539 g/mol. The van der Waals surface area contributed by atoms with Gasteiger partial charge in [0, 0.05) is 42.0 Å². The molecule has 2 N–H and O–H groups in total. The number of aliphatic hydroxyl groups excluding tert-OH is 1. The summed E-state index contributed by atoms with van der Waals surface area (Å²) in [5, 5.41) is 11.2. The molecule has 1 atom stereocenters. The number of halogens is 4. The number of hydrogen-bond acceptors (Lipinski definition) is 7. The van der Waals surface area contributed by atoms with Gasteiger partial charge in [-0.15, -0.1) is 0 Å². The number of aliphatic hydroxyl groups is 1. The highest BCUT2D eigenvalue weighted by molar-refractivity contribution is 5.82. The van der Waals surface area contributed by atoms with Crippen LogP contribution in [0, 0.1) is 5.82 Å². The summed E-state index contributed by atoms with van der Waals surface area (Å²) in [6.07, 6.45) is 1.23. The number of ether oxygens (including phenoxy) is 1. The van der Waals surface area contributed by atoms with Crippen LogP contribution in [0.5, 0.6) is 5.88 Å². The van der Waals surface area contributed by atoms with Gasteiger partial charge in [-0.05, 0) is 18.9 Å². The molecule has 0 radical (unpaired) electrons. The second-order valence-electron chi connectivity index (χ2n) is 9.31. The number of aryl methyl sites for hydroxylation is 1. The molecule has 9 nitrogen and oxygen atoms in total. The minimum Gasteiger partial charge on any atom is -0.480 e. The summed E-state index contributed by atoms with van der Waals surface area (Å²) in [6, 6.07) is 3.77. The first kappa shape index (κ1) is 24.9. The van der Waals surface area contributed by atoms with E-state index in [9.17, 15) is 18.3 Å². The van der Waals surface area contributed by atoms with E-state index in [1.165, 1.54) is 43.4 Å². The van der Waals surface area contributed by atoms with Crippen molar-refractivity contribution in [2.75, 3.05) is 7.11 Å². The number of nitrogens with zero attached hydrogens (tertiary/aromatic N) is 6. The molecule has 0 spiro atoms. The second kappa shape index (κ2) is 9.12. The van der Waals surface area contributed by atoms with Crippen molar-refractivity contribution < 1.29 is 27.4 Å². The molecule has 13 heteroatoms. The molecular formula is C26H21F4N7O2. The van der Waals surface area contributed by atoms with Gasteiger partial charge in [0.05, 0.1) is 30.0 Å². The molecule has 6 rings (SSSR count). The van der Waals surface area contributed by atoms with Crippen LogP contribution in [-0.4, -0.2) is 46.7 Å². The maximum absolute atomic E-state index is 15.2. The number of rotatable bonds is 6. The maximum Gasteiger partial charge on any atom is 0.434 e. The molecule has 1 aromatic carbocycles. The average Bonchev–Trinajstić information content (AvgIpc) is 3.55. The van der Waals surface area contributed by atoms with Crippen LogP contribution in [0.4, 0.5) is 17.6 Å². The minimum absolute atomic E-state index is 0.0581. The highest BCUT2D eigenvalue weighted by Gasteiger charge is 2.35. The van der Waals surface area contributed by atoms with Crippen molar-refractivity contribution in [3.63, 3.8) is 0 Å². The van der Waals surface area contributed by atoms with Gasteiger partial charge >= 0.3 is 6.18 Å². The molecule has 4 heterocycles. The predicted molar refractivity (Wildman–Crippen MR) is 131 cm³/mol. The number of benzene rings is 1. The van der Waals surface area contributed by atoms with Gasteiger partial charge in [0.15, 0.2) is 11.5 Å². The zero-order valence-corrected chi connectivity index (χ0v) is 20.7. The number of alkyl halides is 3. The highest BCUT2D eigenvalue weighted by Crippen LogP contribution is 2.45. The molecule has 4 aromatic heterocycles. The fraction of sp³-hybridized carbons (Fsp3) is 0.269. The summed E-state index contributed by atoms with van der Waals surface area (Å²) in [6.45, 7) is 0. The van der Waals surface area contributed by atoms with Gasteiger partial charge < -0.3 is 19.4 Å². The fourth-order valence-electron chi connectivity index (χ4n) is 4.60. The van der Waals surface area contributed by atoms with E-state index in [0.717, 1.165) is 30.8 Å². The van der Waals surface area contributed by atoms with E-state index in [4.69, 9.17) is 4.74 Å². The first-order chi connectivity index (χ1) is 18.7. The van der Waals surface area contributed by atoms with E-state index >= 15 is 4.39 Å². The van der Waals surface area contributed by atoms with Crippen molar-refractivity contribution in [1.29, 1.82) is 0 Å². The summed E-state index contributed by atoms with van der Waals surface area (Å²) >= 11 is 0. The summed E-state index contributed by atoms with van der Waals surface area (Å²) in [7, 11) is 2.89. The van der Waals surface area contributed by atoms with Gasteiger partial charge in [0.2, 0.25) is 5.88 Å². The van der Waals surface area contributed by atoms with Crippen molar-refractivity contribution in [2.45, 2.75) is 31.0 Å². The quantitative estimate of drug-likeness (QED) is 0.294. The second-order valence-corrected chi connectivity index (χ2v) is 9.31. The smallest absolute Gasteiger partial charge is 0.434 e. The fourth-order valence-corrected chi connectivity index (χ4v) is 4.60. The normalized spacial score (nSPS) is 14.6. The minimum atomic E-state index is -4.63. The lowest BCUT2D eigenvalue weighted by atomic mass is 10.0. The van der Waals surface area contributed by atoms with Gasteiger partial charge in [-0.25, -0.2) is 29.3 Å². The van der Waals surface area contributed by atoms with E-state index in [2.05, 4.69) is 29.9 Å². The molecule has 5 aromatic rings. The van der Waals surface area contributed by atoms with Crippen LogP contribution >= 0.6 is 0 Å². The zero-order chi connectivity index (χ0) is 27.5. The van der Waals surface area contributed by atoms with Crippen molar-refractivity contribution >= 4 is 11.0 Å². The van der Waals surface area contributed by atoms with E-state index in [-0.39, 0.29) is 22.9 Å². The van der Waals surface area contributed by atoms with Crippen molar-refractivity contribution in [3.05, 3.63) is 71.4 Å². The topological polar surface area (TPSA) is 115 Å². The van der Waals surface area contributed by atoms with Crippen LogP contribution in [0.15, 0.2) is 43.1 Å². The van der Waals surface area contributed by atoms with Gasteiger partial charge in [0.25, 0.3) is 0 Å². The largest absolute Gasteiger partial charge is 0.480 e. The molecule has 1 aliphatic carbocycles. The van der Waals surface area contributed by atoms with E-state index in [0.29, 0.717) is 33.9 Å². The molecule has 0 saturated heterocycles. The van der Waals surface area contributed by atoms with Crippen molar-refractivity contribution in [3.8, 4) is 28.7 Å². The number of hydrogen-bond donors (Lipinski definition) is 2. The Morgan fingerprint density at radius 3 is 2.59 bits per heavy atom. The van der Waals surface area contributed by atoms with Crippen LogP contribution in [0.2, 0.25) is 0 Å². The molecule has 1 fully saturated rings. The molecule has 39 heavy (non-hydrogen) atoms. The molecule has 0 bridgehead atoms. The maximum atomic E-state index is 15.2. The Hall–Kier alpha value is -4.39. The van der Waals surface area contributed by atoms with Gasteiger partial charge in [0.1, 0.15) is 29.6 Å².